The molecule has 100 valence electrons. The minimum atomic E-state index is -0.595. The smallest absolute Gasteiger partial charge is 0.348 e. The number of imide groups is 1. The van der Waals surface area contributed by atoms with E-state index in [9.17, 15) is 9.59 Å². The average molecular weight is 268 g/mol. The van der Waals surface area contributed by atoms with Crippen molar-refractivity contribution < 1.29 is 14.3 Å². The summed E-state index contributed by atoms with van der Waals surface area (Å²) < 4.78 is 5.22. The zero-order chi connectivity index (χ0) is 14.1. The first-order chi connectivity index (χ1) is 9.67. The number of benzene rings is 2. The molecule has 1 aliphatic heterocycles. The van der Waals surface area contributed by atoms with Gasteiger partial charge in [-0.1, -0.05) is 24.3 Å². The standard InChI is InChI=1S/C15H12N2O3/c1-20-11-6-5-9-3-2-4-10(12(9)8-11)7-13-14(18)17-15(19)16-13/h2-6,8H,7H2,1H3,(H,17,18,19). The van der Waals surface area contributed by atoms with E-state index in [2.05, 4.69) is 10.3 Å². The molecule has 0 aromatic heterocycles. The highest BCUT2D eigenvalue weighted by Crippen LogP contribution is 2.24. The zero-order valence-corrected chi connectivity index (χ0v) is 10.8. The molecule has 0 bridgehead atoms. The van der Waals surface area contributed by atoms with Crippen LogP contribution in [0.25, 0.3) is 10.8 Å². The largest absolute Gasteiger partial charge is 0.497 e. The lowest BCUT2D eigenvalue weighted by Gasteiger charge is -2.07. The monoisotopic (exact) mass is 268 g/mol. The van der Waals surface area contributed by atoms with Crippen molar-refractivity contribution in [3.05, 3.63) is 42.0 Å². The Labute approximate surface area is 115 Å². The number of amides is 3. The number of methoxy groups -OCH3 is 1. The molecule has 3 amide bonds. The lowest BCUT2D eigenvalue weighted by atomic mass is 10.00. The third-order valence-corrected chi connectivity index (χ3v) is 3.26. The Bertz CT molecular complexity index is 750. The van der Waals surface area contributed by atoms with Crippen molar-refractivity contribution in [3.8, 4) is 5.75 Å². The van der Waals surface area contributed by atoms with Gasteiger partial charge in [0.25, 0.3) is 5.91 Å². The maximum Gasteiger partial charge on any atom is 0.348 e. The van der Waals surface area contributed by atoms with Gasteiger partial charge < -0.3 is 4.74 Å². The molecular formula is C15H12N2O3. The molecule has 1 aliphatic rings. The lowest BCUT2D eigenvalue weighted by molar-refractivity contribution is -0.113. The molecule has 3 rings (SSSR count). The maximum absolute atomic E-state index is 11.6. The van der Waals surface area contributed by atoms with Crippen LogP contribution in [0.5, 0.6) is 5.75 Å². The van der Waals surface area contributed by atoms with Crippen LogP contribution in [0.4, 0.5) is 4.79 Å². The fourth-order valence-corrected chi connectivity index (χ4v) is 2.27. The van der Waals surface area contributed by atoms with Gasteiger partial charge in [0.05, 0.1) is 7.11 Å². The number of hydrogen-bond donors (Lipinski definition) is 1. The van der Waals surface area contributed by atoms with Gasteiger partial charge in [-0.15, -0.1) is 0 Å². The molecular weight excluding hydrogens is 256 g/mol. The second kappa shape index (κ2) is 4.77. The summed E-state index contributed by atoms with van der Waals surface area (Å²) in [7, 11) is 1.61. The fraction of sp³-hybridized carbons (Fsp3) is 0.133. The van der Waals surface area contributed by atoms with E-state index in [1.54, 1.807) is 7.11 Å². The van der Waals surface area contributed by atoms with Crippen LogP contribution in [0.3, 0.4) is 0 Å². The van der Waals surface area contributed by atoms with Crippen molar-refractivity contribution in [2.24, 2.45) is 4.99 Å². The maximum atomic E-state index is 11.6. The molecule has 0 saturated heterocycles. The van der Waals surface area contributed by atoms with Crippen LogP contribution in [-0.2, 0) is 11.2 Å². The van der Waals surface area contributed by atoms with Crippen molar-refractivity contribution >= 4 is 28.4 Å². The number of ether oxygens (including phenoxy) is 1. The molecule has 0 spiro atoms. The second-order valence-electron chi connectivity index (χ2n) is 4.50. The molecule has 1 heterocycles. The van der Waals surface area contributed by atoms with Gasteiger partial charge in [-0.05, 0) is 28.5 Å². The van der Waals surface area contributed by atoms with E-state index in [4.69, 9.17) is 4.74 Å². The van der Waals surface area contributed by atoms with Gasteiger partial charge in [0.15, 0.2) is 0 Å². The SMILES string of the molecule is COc1ccc2cccc(CC3=NC(=O)NC3=O)c2c1. The molecule has 1 N–H and O–H groups in total. The van der Waals surface area contributed by atoms with Crippen molar-refractivity contribution in [3.63, 3.8) is 0 Å². The minimum Gasteiger partial charge on any atom is -0.497 e. The number of carbonyl (C=O) groups excluding carboxylic acids is 2. The summed E-state index contributed by atoms with van der Waals surface area (Å²) >= 11 is 0. The first kappa shape index (κ1) is 12.3. The Morgan fingerprint density at radius 2 is 2.05 bits per heavy atom. The second-order valence-corrected chi connectivity index (χ2v) is 4.50. The van der Waals surface area contributed by atoms with Crippen LogP contribution in [0, 0.1) is 0 Å². The van der Waals surface area contributed by atoms with E-state index in [0.717, 1.165) is 22.1 Å². The van der Waals surface area contributed by atoms with Crippen LogP contribution in [0.1, 0.15) is 5.56 Å². The Morgan fingerprint density at radius 1 is 1.20 bits per heavy atom. The molecule has 5 nitrogen and oxygen atoms in total. The number of fused-ring (bicyclic) bond motifs is 1. The van der Waals surface area contributed by atoms with Crippen LogP contribution in [-0.4, -0.2) is 24.8 Å². The first-order valence-electron chi connectivity index (χ1n) is 6.16. The number of carbonyl (C=O) groups is 2. The van der Waals surface area contributed by atoms with E-state index in [1.807, 2.05) is 36.4 Å². The summed E-state index contributed by atoms with van der Waals surface area (Å²) in [5.41, 5.74) is 1.18. The third kappa shape index (κ3) is 2.14. The molecule has 0 unspecified atom stereocenters. The van der Waals surface area contributed by atoms with Crippen LogP contribution in [0.15, 0.2) is 41.4 Å². The highest BCUT2D eigenvalue weighted by molar-refractivity contribution is 6.46. The number of hydrogen-bond acceptors (Lipinski definition) is 3. The van der Waals surface area contributed by atoms with E-state index in [0.29, 0.717) is 6.42 Å². The van der Waals surface area contributed by atoms with Gasteiger partial charge in [-0.3, -0.25) is 10.1 Å². The number of nitrogens with zero attached hydrogens (tertiary/aromatic N) is 1. The lowest BCUT2D eigenvalue weighted by Crippen LogP contribution is -2.26. The molecule has 0 saturated carbocycles. The van der Waals surface area contributed by atoms with Gasteiger partial charge in [0.2, 0.25) is 0 Å². The van der Waals surface area contributed by atoms with Gasteiger partial charge in [0, 0.05) is 6.42 Å². The van der Waals surface area contributed by atoms with Crippen molar-refractivity contribution in [2.45, 2.75) is 6.42 Å². The normalized spacial score (nSPS) is 14.3. The van der Waals surface area contributed by atoms with E-state index >= 15 is 0 Å². The van der Waals surface area contributed by atoms with Gasteiger partial charge in [-0.25, -0.2) is 4.79 Å². The zero-order valence-electron chi connectivity index (χ0n) is 10.8. The summed E-state index contributed by atoms with van der Waals surface area (Å²) in [5.74, 6) is 0.328. The van der Waals surface area contributed by atoms with Gasteiger partial charge in [-0.2, -0.15) is 4.99 Å². The van der Waals surface area contributed by atoms with Crippen LogP contribution < -0.4 is 10.1 Å². The molecule has 5 heteroatoms. The topological polar surface area (TPSA) is 67.8 Å². The number of nitrogens with one attached hydrogen (secondary N) is 1. The molecule has 0 fully saturated rings. The number of rotatable bonds is 3. The van der Waals surface area contributed by atoms with Crippen molar-refractivity contribution in [2.75, 3.05) is 7.11 Å². The number of urea groups is 1. The summed E-state index contributed by atoms with van der Waals surface area (Å²) in [4.78, 5) is 26.3. The molecule has 2 aromatic rings. The molecule has 0 radical (unpaired) electrons. The summed E-state index contributed by atoms with van der Waals surface area (Å²) in [5, 5.41) is 4.19. The Kier molecular flexibility index (Phi) is 2.95. The van der Waals surface area contributed by atoms with E-state index in [-0.39, 0.29) is 5.71 Å². The highest BCUT2D eigenvalue weighted by atomic mass is 16.5. The summed E-state index contributed by atoms with van der Waals surface area (Å²) in [6.45, 7) is 0. The Morgan fingerprint density at radius 3 is 2.75 bits per heavy atom. The van der Waals surface area contributed by atoms with Crippen LogP contribution >= 0.6 is 0 Å². The van der Waals surface area contributed by atoms with E-state index in [1.165, 1.54) is 0 Å². The average Bonchev–Trinajstić information content (AvgIpc) is 2.77. The molecule has 0 atom stereocenters. The third-order valence-electron chi connectivity index (χ3n) is 3.26. The van der Waals surface area contributed by atoms with Crippen molar-refractivity contribution in [1.82, 2.24) is 5.32 Å². The van der Waals surface area contributed by atoms with Gasteiger partial charge in [0.1, 0.15) is 11.5 Å². The quantitative estimate of drug-likeness (QED) is 0.926. The Balaban J connectivity index is 2.05. The summed E-state index contributed by atoms with van der Waals surface area (Å²) in [6.07, 6.45) is 0.322. The first-order valence-corrected chi connectivity index (χ1v) is 6.16. The predicted octanol–water partition coefficient (Wildman–Crippen LogP) is 2.08. The van der Waals surface area contributed by atoms with Gasteiger partial charge >= 0.3 is 6.03 Å². The van der Waals surface area contributed by atoms with E-state index < -0.39 is 11.9 Å². The Hall–Kier alpha value is -2.69. The summed E-state index contributed by atoms with van der Waals surface area (Å²) in [6, 6.07) is 11.0. The molecule has 0 aliphatic carbocycles. The highest BCUT2D eigenvalue weighted by Gasteiger charge is 2.23. The predicted molar refractivity (Wildman–Crippen MR) is 75.2 cm³/mol. The fourth-order valence-electron chi connectivity index (χ4n) is 2.27. The molecule has 2 aromatic carbocycles. The minimum absolute atomic E-state index is 0.241. The van der Waals surface area contributed by atoms with Crippen LogP contribution in [0.2, 0.25) is 0 Å². The number of aliphatic imine (C=N–C) groups is 1. The molecule has 20 heavy (non-hydrogen) atoms. The van der Waals surface area contributed by atoms with Crippen molar-refractivity contribution in [1.29, 1.82) is 0 Å².